The second-order valence-corrected chi connectivity index (χ2v) is 12.5. The maximum atomic E-state index is 13.2. The second kappa shape index (κ2) is 16.9. The molecule has 2 aliphatic rings. The summed E-state index contributed by atoms with van der Waals surface area (Å²) in [6.07, 6.45) is 3.50. The molecular formula is C32H43IN2O8. The number of hydrogen-bond donors (Lipinski definition) is 0. The maximum Gasteiger partial charge on any atom is 0.338 e. The molecule has 4 atom stereocenters. The van der Waals surface area contributed by atoms with Gasteiger partial charge in [-0.05, 0) is 105 Å². The Morgan fingerprint density at radius 1 is 0.907 bits per heavy atom. The molecule has 0 radical (unpaired) electrons. The highest BCUT2D eigenvalue weighted by Gasteiger charge is 2.22. The van der Waals surface area contributed by atoms with E-state index in [-0.39, 0.29) is 16.2 Å². The molecule has 2 aliphatic heterocycles. The summed E-state index contributed by atoms with van der Waals surface area (Å²) >= 11 is 2.18. The second-order valence-electron chi connectivity index (χ2n) is 10.7. The molecule has 236 valence electrons. The Bertz CT molecular complexity index is 1210. The normalized spacial score (nSPS) is 22.8. The van der Waals surface area contributed by atoms with Crippen molar-refractivity contribution in [3.8, 4) is 23.0 Å². The minimum Gasteiger partial charge on any atom is -0.493 e. The van der Waals surface area contributed by atoms with Crippen molar-refractivity contribution in [1.29, 1.82) is 0 Å². The van der Waals surface area contributed by atoms with Crippen molar-refractivity contribution < 1.29 is 38.0 Å². The molecule has 43 heavy (non-hydrogen) atoms. The molecule has 0 N–H and O–H groups in total. The third-order valence-electron chi connectivity index (χ3n) is 7.55. The van der Waals surface area contributed by atoms with E-state index < -0.39 is 5.97 Å². The molecule has 11 heteroatoms. The number of halogens is 1. The number of rotatable bonds is 6. The third-order valence-corrected chi connectivity index (χ3v) is 7.80. The minimum atomic E-state index is -0.430. The summed E-state index contributed by atoms with van der Waals surface area (Å²) in [7, 11) is 3.05. The zero-order valence-corrected chi connectivity index (χ0v) is 27.5. The van der Waals surface area contributed by atoms with Crippen LogP contribution < -0.4 is 18.9 Å². The molecule has 0 saturated carbocycles. The lowest BCUT2D eigenvalue weighted by molar-refractivity contribution is 0.0221. The summed E-state index contributed by atoms with van der Waals surface area (Å²) < 4.78 is 34.5. The third kappa shape index (κ3) is 10.1. The van der Waals surface area contributed by atoms with Crippen LogP contribution in [0.1, 0.15) is 59.7 Å². The molecule has 0 aromatic heterocycles. The summed E-state index contributed by atoms with van der Waals surface area (Å²) in [6, 6.07) is 10.4. The number of methoxy groups -OCH3 is 2. The Balaban J connectivity index is 1.51. The molecule has 4 rings (SSSR count). The highest BCUT2D eigenvalue weighted by molar-refractivity contribution is 14.1. The standard InChI is InChI=1S/C32H43IN2O8/c1-23(33)42-27-9-4-8-24(20-27)32(37)43-26-10-5-18-40-29-22-25(21-28(38-2)30(29)39-3)31(36)41-19-7-14-34-12-6-13-35(15-11-26)17-16-34/h4,8-9,20-23,26H,5-7,10-19H2,1-3H3. The molecule has 1 fully saturated rings. The molecule has 4 bridgehead atoms. The Morgan fingerprint density at radius 3 is 2.40 bits per heavy atom. The number of hydrogen-bond acceptors (Lipinski definition) is 10. The van der Waals surface area contributed by atoms with Crippen LogP contribution in [0, 0.1) is 0 Å². The van der Waals surface area contributed by atoms with Gasteiger partial charge < -0.3 is 38.2 Å². The van der Waals surface area contributed by atoms with Crippen LogP contribution in [0.3, 0.4) is 0 Å². The van der Waals surface area contributed by atoms with E-state index in [0.29, 0.717) is 60.2 Å². The largest absolute Gasteiger partial charge is 0.493 e. The van der Waals surface area contributed by atoms with Crippen LogP contribution in [0.4, 0.5) is 0 Å². The van der Waals surface area contributed by atoms with Crippen LogP contribution in [-0.2, 0) is 9.47 Å². The molecule has 2 heterocycles. The average Bonchev–Trinajstić information content (AvgIpc) is 3.23. The van der Waals surface area contributed by atoms with Gasteiger partial charge in [0.15, 0.2) is 11.5 Å². The predicted molar refractivity (Wildman–Crippen MR) is 171 cm³/mol. The van der Waals surface area contributed by atoms with Crippen LogP contribution in [0.25, 0.3) is 0 Å². The highest BCUT2D eigenvalue weighted by atomic mass is 127. The van der Waals surface area contributed by atoms with Gasteiger partial charge in [0.05, 0.1) is 38.6 Å². The monoisotopic (exact) mass is 710 g/mol. The van der Waals surface area contributed by atoms with E-state index in [9.17, 15) is 9.59 Å². The van der Waals surface area contributed by atoms with Gasteiger partial charge in [-0.3, -0.25) is 0 Å². The first kappa shape index (κ1) is 33.1. The van der Waals surface area contributed by atoms with E-state index in [1.807, 2.05) is 13.0 Å². The molecule has 0 spiro atoms. The van der Waals surface area contributed by atoms with Gasteiger partial charge in [-0.2, -0.15) is 0 Å². The van der Waals surface area contributed by atoms with Gasteiger partial charge >= 0.3 is 11.9 Å². The van der Waals surface area contributed by atoms with Crippen molar-refractivity contribution in [2.24, 2.45) is 0 Å². The van der Waals surface area contributed by atoms with E-state index in [2.05, 4.69) is 32.4 Å². The van der Waals surface area contributed by atoms with Gasteiger partial charge in [0.25, 0.3) is 0 Å². The Hall–Kier alpha value is -2.77. The van der Waals surface area contributed by atoms with E-state index in [1.165, 1.54) is 14.2 Å². The fraction of sp³-hybridized carbons (Fsp3) is 0.562. The molecule has 0 amide bonds. The number of nitrogens with zero attached hydrogens (tertiary/aromatic N) is 2. The first-order valence-electron chi connectivity index (χ1n) is 15.0. The number of benzene rings is 2. The molecule has 0 aliphatic carbocycles. The van der Waals surface area contributed by atoms with E-state index in [4.69, 9.17) is 28.4 Å². The summed E-state index contributed by atoms with van der Waals surface area (Å²) in [6.45, 7) is 8.22. The summed E-state index contributed by atoms with van der Waals surface area (Å²) in [5.74, 6) is 1.03. The van der Waals surface area contributed by atoms with Crippen LogP contribution in [-0.4, -0.2) is 98.7 Å². The Labute approximate surface area is 268 Å². The Kier molecular flexibility index (Phi) is 13.0. The predicted octanol–water partition coefficient (Wildman–Crippen LogP) is 5.21. The first-order valence-corrected chi connectivity index (χ1v) is 16.2. The van der Waals surface area contributed by atoms with Gasteiger partial charge in [0.1, 0.15) is 16.0 Å². The quantitative estimate of drug-likeness (QED) is 0.226. The van der Waals surface area contributed by atoms with E-state index in [0.717, 1.165) is 58.5 Å². The van der Waals surface area contributed by atoms with Crippen molar-refractivity contribution in [3.05, 3.63) is 47.5 Å². The molecule has 2 aromatic carbocycles. The number of ether oxygens (including phenoxy) is 6. The fourth-order valence-corrected chi connectivity index (χ4v) is 5.64. The zero-order valence-electron chi connectivity index (χ0n) is 25.3. The van der Waals surface area contributed by atoms with Gasteiger partial charge in [-0.25, -0.2) is 9.59 Å². The Morgan fingerprint density at radius 2 is 1.65 bits per heavy atom. The topological polar surface area (TPSA) is 96.0 Å². The maximum absolute atomic E-state index is 13.2. The molecule has 2 aromatic rings. The molecule has 1 saturated heterocycles. The number of esters is 2. The smallest absolute Gasteiger partial charge is 0.338 e. The first-order chi connectivity index (χ1) is 20.9. The van der Waals surface area contributed by atoms with E-state index in [1.54, 1.807) is 30.3 Å². The summed E-state index contributed by atoms with van der Waals surface area (Å²) in [5, 5.41) is 0. The van der Waals surface area contributed by atoms with Crippen molar-refractivity contribution in [2.75, 3.05) is 66.7 Å². The fourth-order valence-electron chi connectivity index (χ4n) is 5.35. The van der Waals surface area contributed by atoms with Crippen molar-refractivity contribution in [3.63, 3.8) is 0 Å². The molecular weight excluding hydrogens is 667 g/mol. The number of carbonyl (C=O) groups is 2. The lowest BCUT2D eigenvalue weighted by atomic mass is 10.1. The lowest BCUT2D eigenvalue weighted by Crippen LogP contribution is -2.34. The van der Waals surface area contributed by atoms with Crippen molar-refractivity contribution in [2.45, 2.75) is 49.2 Å². The molecule has 10 nitrogen and oxygen atoms in total. The SMILES string of the molecule is COc1cc2cc(c1OC)OCCCC(OC(=O)c1cccc(OC(C)I)c1)CCN1CCCN(CCCOC2=O)CC1. The van der Waals surface area contributed by atoms with Gasteiger partial charge in [0, 0.05) is 26.2 Å². The van der Waals surface area contributed by atoms with Crippen molar-refractivity contribution >= 4 is 34.5 Å². The number of fused-ring (bicyclic) bond motifs is 5. The van der Waals surface area contributed by atoms with Crippen LogP contribution in [0.2, 0.25) is 0 Å². The van der Waals surface area contributed by atoms with Gasteiger partial charge in [0.2, 0.25) is 5.75 Å². The number of carbonyl (C=O) groups excluding carboxylic acids is 2. The number of cyclic esters (lactones) is 1. The highest BCUT2D eigenvalue weighted by Crippen LogP contribution is 2.39. The van der Waals surface area contributed by atoms with Gasteiger partial charge in [-0.1, -0.05) is 6.07 Å². The van der Waals surface area contributed by atoms with Crippen LogP contribution >= 0.6 is 22.6 Å². The van der Waals surface area contributed by atoms with E-state index >= 15 is 0 Å². The lowest BCUT2D eigenvalue weighted by Gasteiger charge is -2.24. The number of alkyl halides is 1. The zero-order chi connectivity index (χ0) is 30.6. The summed E-state index contributed by atoms with van der Waals surface area (Å²) in [4.78, 5) is 31.0. The van der Waals surface area contributed by atoms with Crippen LogP contribution in [0.5, 0.6) is 23.0 Å². The van der Waals surface area contributed by atoms with Crippen molar-refractivity contribution in [1.82, 2.24) is 9.80 Å². The average molecular weight is 711 g/mol. The van der Waals surface area contributed by atoms with Crippen LogP contribution in [0.15, 0.2) is 36.4 Å². The molecule has 4 unspecified atom stereocenters. The van der Waals surface area contributed by atoms with Gasteiger partial charge in [-0.15, -0.1) is 0 Å². The minimum absolute atomic E-state index is 0.0236. The summed E-state index contributed by atoms with van der Waals surface area (Å²) in [5.41, 5.74) is 0.804.